The molecule has 0 fully saturated rings. The number of anilines is 3. The van der Waals surface area contributed by atoms with Crippen LogP contribution in [0.2, 0.25) is 0 Å². The molecule has 0 aliphatic heterocycles. The van der Waals surface area contributed by atoms with E-state index < -0.39 is 0 Å². The van der Waals surface area contributed by atoms with Crippen molar-refractivity contribution in [3.8, 4) is 0 Å². The molecule has 0 saturated carbocycles. The molecule has 4 aromatic rings. The molecule has 3 aromatic carbocycles. The third kappa shape index (κ3) is 6.16. The van der Waals surface area contributed by atoms with Gasteiger partial charge in [-0.2, -0.15) is 0 Å². The van der Waals surface area contributed by atoms with Gasteiger partial charge in [0.15, 0.2) is 4.34 Å². The summed E-state index contributed by atoms with van der Waals surface area (Å²) in [6.07, 6.45) is 0.773. The predicted octanol–water partition coefficient (Wildman–Crippen LogP) is 5.91. The average Bonchev–Trinajstić information content (AvgIpc) is 3.23. The number of hydrogen-bond donors (Lipinski definition) is 2. The first-order chi connectivity index (χ1) is 15.2. The maximum atomic E-state index is 12.5. The minimum Gasteiger partial charge on any atom is -0.330 e. The van der Waals surface area contributed by atoms with Gasteiger partial charge in [0.2, 0.25) is 11.0 Å². The molecule has 4 rings (SSSR count). The zero-order valence-electron chi connectivity index (χ0n) is 17.0. The second-order valence-electron chi connectivity index (χ2n) is 7.02. The third-order valence-corrected chi connectivity index (χ3v) is 6.54. The van der Waals surface area contributed by atoms with Crippen molar-refractivity contribution >= 4 is 45.5 Å². The van der Waals surface area contributed by atoms with E-state index in [2.05, 4.69) is 39.9 Å². The van der Waals surface area contributed by atoms with E-state index in [1.807, 2.05) is 66.7 Å². The highest BCUT2D eigenvalue weighted by molar-refractivity contribution is 8.01. The van der Waals surface area contributed by atoms with Crippen molar-refractivity contribution < 1.29 is 4.79 Å². The zero-order valence-corrected chi connectivity index (χ0v) is 18.7. The molecule has 0 bridgehead atoms. The molecule has 31 heavy (non-hydrogen) atoms. The maximum Gasteiger partial charge on any atom is 0.234 e. The minimum atomic E-state index is -0.0613. The number of para-hydroxylation sites is 1. The van der Waals surface area contributed by atoms with Gasteiger partial charge in [0.1, 0.15) is 0 Å². The molecule has 0 atom stereocenters. The van der Waals surface area contributed by atoms with Crippen LogP contribution in [0.4, 0.5) is 16.5 Å². The molecule has 0 unspecified atom stereocenters. The molecule has 5 nitrogen and oxygen atoms in total. The predicted molar refractivity (Wildman–Crippen MR) is 129 cm³/mol. The molecule has 1 heterocycles. The Balaban J connectivity index is 1.32. The van der Waals surface area contributed by atoms with E-state index in [0.717, 1.165) is 27.7 Å². The van der Waals surface area contributed by atoms with Crippen molar-refractivity contribution in [2.75, 3.05) is 16.4 Å². The van der Waals surface area contributed by atoms with E-state index in [0.29, 0.717) is 5.13 Å². The number of aryl methyl sites for hydroxylation is 1. The Morgan fingerprint density at radius 1 is 0.935 bits per heavy atom. The van der Waals surface area contributed by atoms with Gasteiger partial charge in [0.05, 0.1) is 5.75 Å². The quantitative estimate of drug-likeness (QED) is 0.329. The van der Waals surface area contributed by atoms with Gasteiger partial charge in [-0.15, -0.1) is 10.2 Å². The summed E-state index contributed by atoms with van der Waals surface area (Å²) in [5, 5.41) is 15.3. The van der Waals surface area contributed by atoms with Crippen LogP contribution in [-0.4, -0.2) is 21.9 Å². The lowest BCUT2D eigenvalue weighted by atomic mass is 10.0. The van der Waals surface area contributed by atoms with Gasteiger partial charge in [0, 0.05) is 11.4 Å². The second kappa shape index (κ2) is 10.2. The summed E-state index contributed by atoms with van der Waals surface area (Å²) in [7, 11) is 0. The van der Waals surface area contributed by atoms with Crippen LogP contribution in [0, 0.1) is 6.92 Å². The lowest BCUT2D eigenvalue weighted by molar-refractivity contribution is -0.113. The van der Waals surface area contributed by atoms with Gasteiger partial charge >= 0.3 is 0 Å². The molecule has 1 amide bonds. The fourth-order valence-electron chi connectivity index (χ4n) is 3.00. The molecule has 7 heteroatoms. The molecule has 0 radical (unpaired) electrons. The molecule has 1 aromatic heterocycles. The van der Waals surface area contributed by atoms with Crippen LogP contribution < -0.4 is 10.6 Å². The maximum absolute atomic E-state index is 12.5. The van der Waals surface area contributed by atoms with Crippen molar-refractivity contribution in [2.45, 2.75) is 17.7 Å². The Bertz CT molecular complexity index is 1140. The highest BCUT2D eigenvalue weighted by Crippen LogP contribution is 2.28. The summed E-state index contributed by atoms with van der Waals surface area (Å²) in [4.78, 5) is 12.5. The molecule has 0 spiro atoms. The van der Waals surface area contributed by atoms with Gasteiger partial charge < -0.3 is 10.6 Å². The normalized spacial score (nSPS) is 10.6. The molecule has 156 valence electrons. The summed E-state index contributed by atoms with van der Waals surface area (Å²) in [6, 6.07) is 26.2. The summed E-state index contributed by atoms with van der Waals surface area (Å²) < 4.78 is 0.752. The Kier molecular flexibility index (Phi) is 6.96. The van der Waals surface area contributed by atoms with Crippen LogP contribution in [-0.2, 0) is 11.2 Å². The topological polar surface area (TPSA) is 66.9 Å². The van der Waals surface area contributed by atoms with Crippen molar-refractivity contribution in [2.24, 2.45) is 0 Å². The first kappa shape index (κ1) is 21.1. The van der Waals surface area contributed by atoms with Crippen molar-refractivity contribution in [3.63, 3.8) is 0 Å². The first-order valence-electron chi connectivity index (χ1n) is 9.87. The Labute approximate surface area is 189 Å². The number of amides is 1. The van der Waals surface area contributed by atoms with Gasteiger partial charge in [-0.3, -0.25) is 4.79 Å². The van der Waals surface area contributed by atoms with Crippen LogP contribution in [0.25, 0.3) is 0 Å². The number of benzene rings is 3. The highest BCUT2D eigenvalue weighted by Gasteiger charge is 2.11. The highest BCUT2D eigenvalue weighted by atomic mass is 32.2. The Morgan fingerprint density at radius 3 is 2.48 bits per heavy atom. The van der Waals surface area contributed by atoms with Crippen LogP contribution in [0.15, 0.2) is 83.2 Å². The summed E-state index contributed by atoms with van der Waals surface area (Å²) in [5.74, 6) is 0.215. The number of rotatable bonds is 8. The van der Waals surface area contributed by atoms with Gasteiger partial charge in [-0.25, -0.2) is 0 Å². The zero-order chi connectivity index (χ0) is 21.5. The van der Waals surface area contributed by atoms with Gasteiger partial charge in [0.25, 0.3) is 0 Å². The van der Waals surface area contributed by atoms with Crippen LogP contribution in [0.5, 0.6) is 0 Å². The van der Waals surface area contributed by atoms with Crippen molar-refractivity contribution in [1.29, 1.82) is 0 Å². The van der Waals surface area contributed by atoms with E-state index in [-0.39, 0.29) is 11.7 Å². The first-order valence-corrected chi connectivity index (χ1v) is 11.7. The lowest BCUT2D eigenvalue weighted by Gasteiger charge is -2.11. The van der Waals surface area contributed by atoms with E-state index in [4.69, 9.17) is 0 Å². The lowest BCUT2D eigenvalue weighted by Crippen LogP contribution is -2.15. The number of carbonyl (C=O) groups is 1. The molecular formula is C24H22N4OS2. The number of hydrogen-bond acceptors (Lipinski definition) is 6. The number of nitrogens with zero attached hydrogens (tertiary/aromatic N) is 2. The van der Waals surface area contributed by atoms with Gasteiger partial charge in [-0.05, 0) is 42.7 Å². The van der Waals surface area contributed by atoms with E-state index in [1.165, 1.54) is 34.2 Å². The van der Waals surface area contributed by atoms with Gasteiger partial charge in [-0.1, -0.05) is 89.3 Å². The van der Waals surface area contributed by atoms with Crippen LogP contribution >= 0.6 is 23.1 Å². The van der Waals surface area contributed by atoms with Crippen LogP contribution in [0.1, 0.15) is 16.7 Å². The molecule has 0 saturated heterocycles. The fraction of sp³-hybridized carbons (Fsp3) is 0.125. The van der Waals surface area contributed by atoms with Crippen molar-refractivity contribution in [3.05, 3.63) is 95.6 Å². The van der Waals surface area contributed by atoms with Crippen LogP contribution in [0.3, 0.4) is 0 Å². The summed E-state index contributed by atoms with van der Waals surface area (Å²) >= 11 is 2.82. The Hall–Kier alpha value is -3.16. The third-order valence-electron chi connectivity index (χ3n) is 4.56. The number of aromatic nitrogens is 2. The SMILES string of the molecule is Cc1ccc(Nc2nnc(SCC(=O)Nc3ccccc3Cc3ccccc3)s2)cc1. The Morgan fingerprint density at radius 2 is 1.68 bits per heavy atom. The fourth-order valence-corrected chi connectivity index (χ4v) is 4.58. The average molecular weight is 447 g/mol. The van der Waals surface area contributed by atoms with Crippen molar-refractivity contribution in [1.82, 2.24) is 10.2 Å². The summed E-state index contributed by atoms with van der Waals surface area (Å²) in [6.45, 7) is 2.05. The standard InChI is InChI=1S/C24H22N4OS2/c1-17-11-13-20(14-12-17)25-23-27-28-24(31-23)30-16-22(29)26-21-10-6-5-9-19(21)15-18-7-3-2-4-8-18/h2-14H,15-16H2,1H3,(H,25,27)(H,26,29). The van der Waals surface area contributed by atoms with E-state index in [1.54, 1.807) is 0 Å². The van der Waals surface area contributed by atoms with E-state index >= 15 is 0 Å². The van der Waals surface area contributed by atoms with E-state index in [9.17, 15) is 4.79 Å². The number of nitrogens with one attached hydrogen (secondary N) is 2. The molecule has 0 aliphatic rings. The monoisotopic (exact) mass is 446 g/mol. The second-order valence-corrected chi connectivity index (χ2v) is 9.22. The molecule has 2 N–H and O–H groups in total. The molecule has 0 aliphatic carbocycles. The summed E-state index contributed by atoms with van der Waals surface area (Å²) in [5.41, 5.74) is 5.31. The largest absolute Gasteiger partial charge is 0.330 e. The minimum absolute atomic E-state index is 0.0613. The smallest absolute Gasteiger partial charge is 0.234 e. The number of carbonyl (C=O) groups excluding carboxylic acids is 1. The molecular weight excluding hydrogens is 424 g/mol. The number of thioether (sulfide) groups is 1.